The van der Waals surface area contributed by atoms with Gasteiger partial charge in [-0.05, 0) is 62.3 Å². The Kier molecular flexibility index (Phi) is 2.98. The zero-order valence-electron chi connectivity index (χ0n) is 10.7. The van der Waals surface area contributed by atoms with Gasteiger partial charge in [-0.1, -0.05) is 0 Å². The monoisotopic (exact) mass is 245 g/mol. The molecule has 0 aromatic heterocycles. The van der Waals surface area contributed by atoms with Crippen LogP contribution in [0.2, 0.25) is 0 Å². The molecule has 0 saturated heterocycles. The third-order valence-corrected chi connectivity index (χ3v) is 4.05. The molecule has 2 atom stereocenters. The molecule has 0 aliphatic heterocycles. The SMILES string of the molecule is CCOc1ccc(NC(=O)C2CC3CC3C2)cc1. The number of amides is 1. The van der Waals surface area contributed by atoms with Gasteiger partial charge in [-0.25, -0.2) is 0 Å². The molecule has 2 saturated carbocycles. The first kappa shape index (κ1) is 11.6. The van der Waals surface area contributed by atoms with Crippen LogP contribution in [-0.4, -0.2) is 12.5 Å². The quantitative estimate of drug-likeness (QED) is 0.885. The minimum absolute atomic E-state index is 0.186. The number of ether oxygens (including phenoxy) is 1. The average molecular weight is 245 g/mol. The number of carbonyl (C=O) groups excluding carboxylic acids is 1. The molecule has 3 rings (SSSR count). The van der Waals surface area contributed by atoms with E-state index in [-0.39, 0.29) is 11.8 Å². The Morgan fingerprint density at radius 1 is 1.22 bits per heavy atom. The van der Waals surface area contributed by atoms with E-state index in [0.717, 1.165) is 36.1 Å². The summed E-state index contributed by atoms with van der Waals surface area (Å²) in [5.41, 5.74) is 0.865. The minimum atomic E-state index is 0.186. The number of carbonyl (C=O) groups is 1. The van der Waals surface area contributed by atoms with Crippen LogP contribution >= 0.6 is 0 Å². The summed E-state index contributed by atoms with van der Waals surface area (Å²) in [6.07, 6.45) is 3.54. The number of rotatable bonds is 4. The Bertz CT molecular complexity index is 430. The van der Waals surface area contributed by atoms with Gasteiger partial charge >= 0.3 is 0 Å². The van der Waals surface area contributed by atoms with Gasteiger partial charge in [-0.2, -0.15) is 0 Å². The summed E-state index contributed by atoms with van der Waals surface area (Å²) in [7, 11) is 0. The second kappa shape index (κ2) is 4.63. The van der Waals surface area contributed by atoms with Crippen LogP contribution in [0.1, 0.15) is 26.2 Å². The molecule has 18 heavy (non-hydrogen) atoms. The number of anilines is 1. The molecule has 2 aliphatic rings. The van der Waals surface area contributed by atoms with E-state index < -0.39 is 0 Å². The molecule has 1 aromatic rings. The van der Waals surface area contributed by atoms with Gasteiger partial charge in [0.25, 0.3) is 0 Å². The Labute approximate surface area is 108 Å². The predicted molar refractivity (Wildman–Crippen MR) is 70.6 cm³/mol. The topological polar surface area (TPSA) is 38.3 Å². The van der Waals surface area contributed by atoms with Gasteiger partial charge in [0.15, 0.2) is 0 Å². The fraction of sp³-hybridized carbons (Fsp3) is 0.533. The van der Waals surface area contributed by atoms with E-state index in [9.17, 15) is 4.79 Å². The van der Waals surface area contributed by atoms with Crippen molar-refractivity contribution in [1.29, 1.82) is 0 Å². The maximum Gasteiger partial charge on any atom is 0.227 e. The smallest absolute Gasteiger partial charge is 0.227 e. The average Bonchev–Trinajstić information content (AvgIpc) is 2.99. The maximum absolute atomic E-state index is 12.0. The summed E-state index contributed by atoms with van der Waals surface area (Å²) in [5.74, 6) is 2.96. The number of hydrogen-bond donors (Lipinski definition) is 1. The van der Waals surface area contributed by atoms with Crippen LogP contribution in [0.5, 0.6) is 5.75 Å². The van der Waals surface area contributed by atoms with Gasteiger partial charge in [-0.3, -0.25) is 4.79 Å². The van der Waals surface area contributed by atoms with Crippen molar-refractivity contribution in [2.75, 3.05) is 11.9 Å². The minimum Gasteiger partial charge on any atom is -0.494 e. The molecule has 2 fully saturated rings. The molecule has 0 heterocycles. The van der Waals surface area contributed by atoms with Crippen LogP contribution in [0.15, 0.2) is 24.3 Å². The maximum atomic E-state index is 12.0. The molecule has 1 N–H and O–H groups in total. The summed E-state index contributed by atoms with van der Waals surface area (Å²) in [4.78, 5) is 12.0. The van der Waals surface area contributed by atoms with Crippen LogP contribution < -0.4 is 10.1 Å². The summed E-state index contributed by atoms with van der Waals surface area (Å²) < 4.78 is 5.37. The lowest BCUT2D eigenvalue weighted by Gasteiger charge is -2.12. The summed E-state index contributed by atoms with van der Waals surface area (Å²) in [6, 6.07) is 7.59. The van der Waals surface area contributed by atoms with Crippen LogP contribution in [0.4, 0.5) is 5.69 Å². The highest BCUT2D eigenvalue weighted by Gasteiger charge is 2.47. The Balaban J connectivity index is 1.56. The van der Waals surface area contributed by atoms with Crippen LogP contribution in [0.3, 0.4) is 0 Å². The van der Waals surface area contributed by atoms with E-state index in [4.69, 9.17) is 4.74 Å². The van der Waals surface area contributed by atoms with E-state index in [1.807, 2.05) is 31.2 Å². The van der Waals surface area contributed by atoms with Gasteiger partial charge in [0, 0.05) is 11.6 Å². The van der Waals surface area contributed by atoms with E-state index in [0.29, 0.717) is 6.61 Å². The van der Waals surface area contributed by atoms with Crippen molar-refractivity contribution in [1.82, 2.24) is 0 Å². The molecule has 1 aromatic carbocycles. The largest absolute Gasteiger partial charge is 0.494 e. The van der Waals surface area contributed by atoms with Gasteiger partial charge < -0.3 is 10.1 Å². The van der Waals surface area contributed by atoms with Crippen LogP contribution in [0.25, 0.3) is 0 Å². The Hall–Kier alpha value is -1.51. The molecule has 2 unspecified atom stereocenters. The lowest BCUT2D eigenvalue weighted by Crippen LogP contribution is -2.21. The third-order valence-electron chi connectivity index (χ3n) is 4.05. The normalized spacial score (nSPS) is 28.6. The van der Waals surface area contributed by atoms with Crippen molar-refractivity contribution in [3.63, 3.8) is 0 Å². The highest BCUT2D eigenvalue weighted by atomic mass is 16.5. The Morgan fingerprint density at radius 3 is 2.50 bits per heavy atom. The first-order valence-corrected chi connectivity index (χ1v) is 6.80. The molecule has 1 amide bonds. The highest BCUT2D eigenvalue weighted by Crippen LogP contribution is 2.54. The van der Waals surface area contributed by atoms with Gasteiger partial charge in [0.05, 0.1) is 6.61 Å². The van der Waals surface area contributed by atoms with Crippen molar-refractivity contribution in [3.8, 4) is 5.75 Å². The van der Waals surface area contributed by atoms with Crippen LogP contribution in [0, 0.1) is 17.8 Å². The lowest BCUT2D eigenvalue weighted by atomic mass is 10.0. The van der Waals surface area contributed by atoms with Gasteiger partial charge in [-0.15, -0.1) is 0 Å². The number of fused-ring (bicyclic) bond motifs is 1. The molecule has 0 spiro atoms. The number of benzene rings is 1. The number of nitrogens with one attached hydrogen (secondary N) is 1. The van der Waals surface area contributed by atoms with Crippen molar-refractivity contribution >= 4 is 11.6 Å². The molecule has 0 bridgehead atoms. The van der Waals surface area contributed by atoms with Crippen LogP contribution in [-0.2, 0) is 4.79 Å². The highest BCUT2D eigenvalue weighted by molar-refractivity contribution is 5.92. The second-order valence-corrected chi connectivity index (χ2v) is 5.37. The third kappa shape index (κ3) is 2.35. The van der Waals surface area contributed by atoms with E-state index >= 15 is 0 Å². The summed E-state index contributed by atoms with van der Waals surface area (Å²) >= 11 is 0. The standard InChI is InChI=1S/C15H19NO2/c1-2-18-14-5-3-13(4-6-14)16-15(17)12-8-10-7-11(10)9-12/h3-6,10-12H,2,7-9H2,1H3,(H,16,17). The second-order valence-electron chi connectivity index (χ2n) is 5.37. The molecular weight excluding hydrogens is 226 g/mol. The fourth-order valence-corrected chi connectivity index (χ4v) is 2.97. The van der Waals surface area contributed by atoms with E-state index in [1.54, 1.807) is 0 Å². The van der Waals surface area contributed by atoms with Crippen molar-refractivity contribution in [2.24, 2.45) is 17.8 Å². The number of hydrogen-bond acceptors (Lipinski definition) is 2. The summed E-state index contributed by atoms with van der Waals surface area (Å²) in [5, 5.41) is 3.00. The molecule has 3 nitrogen and oxygen atoms in total. The van der Waals surface area contributed by atoms with E-state index in [2.05, 4.69) is 5.32 Å². The fourth-order valence-electron chi connectivity index (χ4n) is 2.97. The predicted octanol–water partition coefficient (Wildman–Crippen LogP) is 3.07. The van der Waals surface area contributed by atoms with Gasteiger partial charge in [0.2, 0.25) is 5.91 Å². The summed E-state index contributed by atoms with van der Waals surface area (Å²) in [6.45, 7) is 2.62. The first-order valence-electron chi connectivity index (χ1n) is 6.80. The van der Waals surface area contributed by atoms with E-state index in [1.165, 1.54) is 6.42 Å². The zero-order valence-corrected chi connectivity index (χ0v) is 10.7. The lowest BCUT2D eigenvalue weighted by molar-refractivity contribution is -0.120. The molecule has 0 radical (unpaired) electrons. The van der Waals surface area contributed by atoms with Crippen molar-refractivity contribution in [3.05, 3.63) is 24.3 Å². The molecule has 2 aliphatic carbocycles. The zero-order chi connectivity index (χ0) is 12.5. The Morgan fingerprint density at radius 2 is 1.89 bits per heavy atom. The molecule has 3 heteroatoms. The van der Waals surface area contributed by atoms with Gasteiger partial charge in [0.1, 0.15) is 5.75 Å². The van der Waals surface area contributed by atoms with Crippen molar-refractivity contribution in [2.45, 2.75) is 26.2 Å². The first-order chi connectivity index (χ1) is 8.76. The molecular formula is C15H19NO2. The van der Waals surface area contributed by atoms with Crippen molar-refractivity contribution < 1.29 is 9.53 Å². The molecule has 96 valence electrons.